The summed E-state index contributed by atoms with van der Waals surface area (Å²) in [4.78, 5) is 11.4. The van der Waals surface area contributed by atoms with Crippen molar-refractivity contribution in [1.29, 1.82) is 0 Å². The molecule has 0 aliphatic rings. The summed E-state index contributed by atoms with van der Waals surface area (Å²) in [5.41, 5.74) is 0.930. The molecule has 1 rings (SSSR count). The van der Waals surface area contributed by atoms with E-state index in [-0.39, 0.29) is 6.09 Å². The first-order valence-electron chi connectivity index (χ1n) is 7.08. The number of halogens is 1. The highest BCUT2D eigenvalue weighted by atomic mass is 79.9. The molecule has 0 aliphatic carbocycles. The minimum atomic E-state index is -0.425. The third-order valence-corrected chi connectivity index (χ3v) is 3.25. The second-order valence-electron chi connectivity index (χ2n) is 5.87. The molecule has 0 aliphatic heterocycles. The third-order valence-electron chi connectivity index (χ3n) is 2.72. The van der Waals surface area contributed by atoms with Gasteiger partial charge in [-0.15, -0.1) is 0 Å². The summed E-state index contributed by atoms with van der Waals surface area (Å²) in [6.45, 7) is 6.27. The van der Waals surface area contributed by atoms with Crippen molar-refractivity contribution in [3.8, 4) is 0 Å². The van der Waals surface area contributed by atoms with Gasteiger partial charge in [0, 0.05) is 11.0 Å². The van der Waals surface area contributed by atoms with Crippen LogP contribution >= 0.6 is 15.9 Å². The molecule has 0 bridgehead atoms. The van der Waals surface area contributed by atoms with Crippen LogP contribution in [0.2, 0.25) is 0 Å². The number of unbranched alkanes of at least 4 members (excludes halogenated alkanes) is 2. The molecule has 112 valence electrons. The Kier molecular flexibility index (Phi) is 7.06. The number of amides is 1. The number of rotatable bonds is 6. The van der Waals surface area contributed by atoms with Gasteiger partial charge < -0.3 is 10.1 Å². The molecule has 0 saturated heterocycles. The van der Waals surface area contributed by atoms with E-state index in [1.54, 1.807) is 0 Å². The van der Waals surface area contributed by atoms with Crippen molar-refractivity contribution in [1.82, 2.24) is 5.32 Å². The molecule has 0 radical (unpaired) electrons. The van der Waals surface area contributed by atoms with Crippen molar-refractivity contribution in [2.45, 2.75) is 52.1 Å². The lowest BCUT2D eigenvalue weighted by atomic mass is 10.1. The van der Waals surface area contributed by atoms with Crippen LogP contribution in [-0.2, 0) is 11.2 Å². The van der Waals surface area contributed by atoms with Crippen LogP contribution in [0.5, 0.6) is 0 Å². The number of alkyl carbamates (subject to hydrolysis) is 1. The predicted octanol–water partition coefficient (Wildman–Crippen LogP) is 4.69. The number of ether oxygens (including phenoxy) is 1. The first kappa shape index (κ1) is 17.0. The Bertz CT molecular complexity index is 409. The zero-order chi connectivity index (χ0) is 15.0. The second-order valence-corrected chi connectivity index (χ2v) is 6.78. The van der Waals surface area contributed by atoms with E-state index in [0.29, 0.717) is 6.54 Å². The Hall–Kier alpha value is -1.03. The largest absolute Gasteiger partial charge is 0.444 e. The molecule has 0 unspecified atom stereocenters. The minimum Gasteiger partial charge on any atom is -0.444 e. The average Bonchev–Trinajstić information content (AvgIpc) is 2.33. The van der Waals surface area contributed by atoms with Crippen LogP contribution < -0.4 is 5.32 Å². The number of benzene rings is 1. The lowest BCUT2D eigenvalue weighted by Gasteiger charge is -2.19. The van der Waals surface area contributed by atoms with E-state index < -0.39 is 5.60 Å². The van der Waals surface area contributed by atoms with E-state index in [9.17, 15) is 4.79 Å². The third kappa shape index (κ3) is 8.20. The molecule has 0 spiro atoms. The van der Waals surface area contributed by atoms with Crippen LogP contribution in [0.25, 0.3) is 0 Å². The van der Waals surface area contributed by atoms with Gasteiger partial charge in [-0.1, -0.05) is 34.5 Å². The Balaban J connectivity index is 2.05. The fourth-order valence-corrected chi connectivity index (χ4v) is 2.05. The van der Waals surface area contributed by atoms with Crippen LogP contribution in [0.4, 0.5) is 4.79 Å². The van der Waals surface area contributed by atoms with Gasteiger partial charge in [-0.25, -0.2) is 4.79 Å². The second kappa shape index (κ2) is 8.30. The quantitative estimate of drug-likeness (QED) is 0.762. The van der Waals surface area contributed by atoms with Crippen molar-refractivity contribution < 1.29 is 9.53 Å². The van der Waals surface area contributed by atoms with Gasteiger partial charge in [0.1, 0.15) is 5.60 Å². The molecular formula is C16H24BrNO2. The average molecular weight is 342 g/mol. The van der Waals surface area contributed by atoms with Crippen LogP contribution in [-0.4, -0.2) is 18.2 Å². The highest BCUT2D eigenvalue weighted by Crippen LogP contribution is 2.12. The molecular weight excluding hydrogens is 318 g/mol. The number of hydrogen-bond acceptors (Lipinski definition) is 2. The summed E-state index contributed by atoms with van der Waals surface area (Å²) in [6.07, 6.45) is 3.98. The fourth-order valence-electron chi connectivity index (χ4n) is 1.79. The van der Waals surface area contributed by atoms with Crippen molar-refractivity contribution in [2.75, 3.05) is 6.54 Å². The molecule has 0 aromatic heterocycles. The highest BCUT2D eigenvalue weighted by Gasteiger charge is 2.15. The van der Waals surface area contributed by atoms with E-state index in [1.165, 1.54) is 5.56 Å². The summed E-state index contributed by atoms with van der Waals surface area (Å²) in [5.74, 6) is 0. The fraction of sp³-hybridized carbons (Fsp3) is 0.562. The van der Waals surface area contributed by atoms with E-state index in [2.05, 4.69) is 45.5 Å². The van der Waals surface area contributed by atoms with Crippen molar-refractivity contribution in [3.63, 3.8) is 0 Å². The summed E-state index contributed by atoms with van der Waals surface area (Å²) in [5, 5.41) is 2.78. The monoisotopic (exact) mass is 341 g/mol. The lowest BCUT2D eigenvalue weighted by molar-refractivity contribution is 0.0527. The first-order chi connectivity index (χ1) is 9.37. The summed E-state index contributed by atoms with van der Waals surface area (Å²) in [6, 6.07) is 8.42. The first-order valence-corrected chi connectivity index (χ1v) is 7.87. The number of aryl methyl sites for hydroxylation is 1. The molecule has 20 heavy (non-hydrogen) atoms. The van der Waals surface area contributed by atoms with E-state index >= 15 is 0 Å². The van der Waals surface area contributed by atoms with Gasteiger partial charge >= 0.3 is 6.09 Å². The molecule has 1 N–H and O–H groups in total. The summed E-state index contributed by atoms with van der Waals surface area (Å²) in [7, 11) is 0. The van der Waals surface area contributed by atoms with Crippen LogP contribution in [0.3, 0.4) is 0 Å². The Labute approximate surface area is 130 Å². The normalized spacial score (nSPS) is 11.2. The van der Waals surface area contributed by atoms with Crippen molar-refractivity contribution in [3.05, 3.63) is 34.3 Å². The zero-order valence-electron chi connectivity index (χ0n) is 12.5. The van der Waals surface area contributed by atoms with Crippen molar-refractivity contribution in [2.24, 2.45) is 0 Å². The maximum atomic E-state index is 11.4. The predicted molar refractivity (Wildman–Crippen MR) is 85.9 cm³/mol. The molecule has 0 fully saturated rings. The molecule has 0 saturated carbocycles. The molecule has 1 amide bonds. The molecule has 1 aromatic carbocycles. The van der Waals surface area contributed by atoms with Gasteiger partial charge in [-0.2, -0.15) is 0 Å². The van der Waals surface area contributed by atoms with Gasteiger partial charge in [0.2, 0.25) is 0 Å². The van der Waals surface area contributed by atoms with E-state index in [1.807, 2.05) is 20.8 Å². The molecule has 0 atom stereocenters. The van der Waals surface area contributed by atoms with Crippen LogP contribution in [0, 0.1) is 0 Å². The standard InChI is InChI=1S/C16H24BrNO2/c1-16(2,3)20-15(19)18-12-6-4-5-7-13-8-10-14(17)11-9-13/h8-11H,4-7,12H2,1-3H3,(H,18,19). The van der Waals surface area contributed by atoms with E-state index in [4.69, 9.17) is 4.74 Å². The van der Waals surface area contributed by atoms with Gasteiger partial charge in [0.25, 0.3) is 0 Å². The number of carbonyl (C=O) groups is 1. The maximum Gasteiger partial charge on any atom is 0.407 e. The molecule has 3 nitrogen and oxygen atoms in total. The van der Waals surface area contributed by atoms with Crippen LogP contribution in [0.15, 0.2) is 28.7 Å². The Morgan fingerprint density at radius 2 is 1.80 bits per heavy atom. The summed E-state index contributed by atoms with van der Waals surface area (Å²) >= 11 is 3.43. The van der Waals surface area contributed by atoms with Crippen LogP contribution in [0.1, 0.15) is 45.6 Å². The number of carbonyl (C=O) groups excluding carboxylic acids is 1. The molecule has 4 heteroatoms. The zero-order valence-corrected chi connectivity index (χ0v) is 14.1. The van der Waals surface area contributed by atoms with Gasteiger partial charge in [-0.3, -0.25) is 0 Å². The Morgan fingerprint density at radius 1 is 1.15 bits per heavy atom. The summed E-state index contributed by atoms with van der Waals surface area (Å²) < 4.78 is 6.28. The topological polar surface area (TPSA) is 38.3 Å². The minimum absolute atomic E-state index is 0.328. The lowest BCUT2D eigenvalue weighted by Crippen LogP contribution is -2.32. The number of nitrogens with one attached hydrogen (secondary N) is 1. The molecule has 1 aromatic rings. The van der Waals surface area contributed by atoms with Crippen molar-refractivity contribution >= 4 is 22.0 Å². The van der Waals surface area contributed by atoms with Gasteiger partial charge in [-0.05, 0) is 57.7 Å². The smallest absolute Gasteiger partial charge is 0.407 e. The van der Waals surface area contributed by atoms with E-state index in [0.717, 1.165) is 30.2 Å². The highest BCUT2D eigenvalue weighted by molar-refractivity contribution is 9.10. The SMILES string of the molecule is CC(C)(C)OC(=O)NCCCCCc1ccc(Br)cc1. The number of hydrogen-bond donors (Lipinski definition) is 1. The van der Waals surface area contributed by atoms with Gasteiger partial charge in [0.15, 0.2) is 0 Å². The molecule has 0 heterocycles. The maximum absolute atomic E-state index is 11.4. The van der Waals surface area contributed by atoms with Gasteiger partial charge in [0.05, 0.1) is 0 Å². The Morgan fingerprint density at radius 3 is 2.40 bits per heavy atom.